The monoisotopic (exact) mass is 413 g/mol. The minimum Gasteiger partial charge on any atom is -0.495 e. The highest BCUT2D eigenvalue weighted by Gasteiger charge is 2.26. The van der Waals surface area contributed by atoms with E-state index in [0.29, 0.717) is 28.1 Å². The van der Waals surface area contributed by atoms with E-state index in [0.717, 1.165) is 42.7 Å². The van der Waals surface area contributed by atoms with Crippen LogP contribution in [-0.2, 0) is 0 Å². The Morgan fingerprint density at radius 3 is 2.59 bits per heavy atom. The maximum Gasteiger partial charge on any atom is 0.261 e. The van der Waals surface area contributed by atoms with Crippen molar-refractivity contribution in [3.8, 4) is 5.75 Å². The molecule has 1 amide bonds. The molecule has 7 nitrogen and oxygen atoms in total. The fourth-order valence-electron chi connectivity index (χ4n) is 3.84. The number of ether oxygens (including phenoxy) is 1. The third-order valence-electron chi connectivity index (χ3n) is 5.43. The first-order valence-corrected chi connectivity index (χ1v) is 10.0. The van der Waals surface area contributed by atoms with Crippen molar-refractivity contribution < 1.29 is 9.53 Å². The van der Waals surface area contributed by atoms with Gasteiger partial charge in [-0.15, -0.1) is 0 Å². The molecule has 3 heterocycles. The zero-order chi connectivity index (χ0) is 20.5. The summed E-state index contributed by atoms with van der Waals surface area (Å²) < 4.78 is 7.65. The Kier molecular flexibility index (Phi) is 5.43. The molecular formula is C21H24ClN5O2. The number of hydrogen-bond acceptors (Lipinski definition) is 5. The second kappa shape index (κ2) is 8.00. The number of benzene rings is 1. The number of aryl methyl sites for hydroxylation is 1. The Labute approximate surface area is 174 Å². The number of carbonyl (C=O) groups excluding carboxylic acids is 1. The van der Waals surface area contributed by atoms with Gasteiger partial charge < -0.3 is 15.0 Å². The molecule has 3 aromatic rings. The smallest absolute Gasteiger partial charge is 0.261 e. The number of nitrogens with one attached hydrogen (secondary N) is 1. The number of piperidine rings is 1. The molecule has 0 spiro atoms. The van der Waals surface area contributed by atoms with Crippen LogP contribution >= 0.6 is 11.6 Å². The Morgan fingerprint density at radius 2 is 1.93 bits per heavy atom. The van der Waals surface area contributed by atoms with Gasteiger partial charge in [-0.2, -0.15) is 5.10 Å². The van der Waals surface area contributed by atoms with Gasteiger partial charge in [-0.3, -0.25) is 4.79 Å². The van der Waals surface area contributed by atoms with Gasteiger partial charge in [-0.1, -0.05) is 11.6 Å². The third-order valence-corrected chi connectivity index (χ3v) is 5.68. The number of halogens is 1. The standard InChI is InChI=1S/C21H24ClN5O2/c1-13-18-19(29-3)17(21(28)24-15-6-4-14(22)5-7-15)12-23-20(18)27(25-13)16-8-10-26(2)11-9-16/h4-7,12,16H,8-11H2,1-3H3,(H,24,28). The van der Waals surface area contributed by atoms with Crippen LogP contribution in [0.4, 0.5) is 5.69 Å². The molecule has 1 aliphatic heterocycles. The number of amides is 1. The van der Waals surface area contributed by atoms with E-state index in [4.69, 9.17) is 21.4 Å². The van der Waals surface area contributed by atoms with Crippen LogP contribution in [0.5, 0.6) is 5.75 Å². The Morgan fingerprint density at radius 1 is 1.24 bits per heavy atom. The first-order valence-electron chi connectivity index (χ1n) is 9.65. The van der Waals surface area contributed by atoms with Gasteiger partial charge in [0.1, 0.15) is 11.3 Å². The lowest BCUT2D eigenvalue weighted by Gasteiger charge is -2.29. The number of methoxy groups -OCH3 is 1. The van der Waals surface area contributed by atoms with E-state index in [2.05, 4.69) is 22.2 Å². The van der Waals surface area contributed by atoms with Crippen LogP contribution in [0.2, 0.25) is 5.02 Å². The summed E-state index contributed by atoms with van der Waals surface area (Å²) in [6, 6.07) is 7.26. The van der Waals surface area contributed by atoms with Crippen molar-refractivity contribution in [1.29, 1.82) is 0 Å². The van der Waals surface area contributed by atoms with Gasteiger partial charge in [0, 0.05) is 16.9 Å². The quantitative estimate of drug-likeness (QED) is 0.701. The molecule has 1 fully saturated rings. The number of pyridine rings is 1. The molecule has 1 aromatic carbocycles. The average Bonchev–Trinajstić information content (AvgIpc) is 3.06. The molecule has 0 unspecified atom stereocenters. The summed E-state index contributed by atoms with van der Waals surface area (Å²) in [4.78, 5) is 19.8. The second-order valence-electron chi connectivity index (χ2n) is 7.43. The fourth-order valence-corrected chi connectivity index (χ4v) is 3.97. The maximum absolute atomic E-state index is 12.9. The summed E-state index contributed by atoms with van der Waals surface area (Å²) in [6.07, 6.45) is 3.62. The van der Waals surface area contributed by atoms with Crippen molar-refractivity contribution in [1.82, 2.24) is 19.7 Å². The molecular weight excluding hydrogens is 390 g/mol. The predicted molar refractivity (Wildman–Crippen MR) is 114 cm³/mol. The Hall–Kier alpha value is -2.64. The van der Waals surface area contributed by atoms with E-state index < -0.39 is 0 Å². The molecule has 0 saturated carbocycles. The number of anilines is 1. The van der Waals surface area contributed by atoms with Crippen molar-refractivity contribution in [2.45, 2.75) is 25.8 Å². The molecule has 1 aliphatic rings. The molecule has 0 aliphatic carbocycles. The van der Waals surface area contributed by atoms with Crippen molar-refractivity contribution in [2.24, 2.45) is 0 Å². The molecule has 1 saturated heterocycles. The summed E-state index contributed by atoms with van der Waals surface area (Å²) in [6.45, 7) is 3.99. The molecule has 4 rings (SSSR count). The molecule has 0 radical (unpaired) electrons. The first kappa shape index (κ1) is 19.7. The number of fused-ring (bicyclic) bond motifs is 1. The molecule has 0 bridgehead atoms. The summed E-state index contributed by atoms with van der Waals surface area (Å²) in [5, 5.41) is 9.02. The minimum absolute atomic E-state index is 0.287. The highest BCUT2D eigenvalue weighted by atomic mass is 35.5. The van der Waals surface area contributed by atoms with E-state index in [1.165, 1.54) is 0 Å². The predicted octanol–water partition coefficient (Wildman–Crippen LogP) is 3.92. The summed E-state index contributed by atoms with van der Waals surface area (Å²) >= 11 is 5.92. The van der Waals surface area contributed by atoms with Gasteiger partial charge in [0.25, 0.3) is 5.91 Å². The lowest BCUT2D eigenvalue weighted by atomic mass is 10.1. The van der Waals surface area contributed by atoms with Crippen LogP contribution in [0, 0.1) is 6.92 Å². The average molecular weight is 414 g/mol. The summed E-state index contributed by atoms with van der Waals surface area (Å²) in [5.41, 5.74) is 2.60. The number of hydrogen-bond donors (Lipinski definition) is 1. The number of likely N-dealkylation sites (tertiary alicyclic amines) is 1. The highest BCUT2D eigenvalue weighted by molar-refractivity contribution is 6.30. The zero-order valence-electron chi connectivity index (χ0n) is 16.8. The largest absolute Gasteiger partial charge is 0.495 e. The lowest BCUT2D eigenvalue weighted by Crippen LogP contribution is -2.32. The van der Waals surface area contributed by atoms with Gasteiger partial charge in [0.15, 0.2) is 5.65 Å². The number of rotatable bonds is 4. The van der Waals surface area contributed by atoms with Crippen LogP contribution in [0.25, 0.3) is 11.0 Å². The van der Waals surface area contributed by atoms with E-state index in [-0.39, 0.29) is 5.91 Å². The molecule has 2 aromatic heterocycles. The van der Waals surface area contributed by atoms with Crippen molar-refractivity contribution >= 4 is 34.2 Å². The van der Waals surface area contributed by atoms with Gasteiger partial charge in [-0.25, -0.2) is 9.67 Å². The molecule has 1 N–H and O–H groups in total. The van der Waals surface area contributed by atoms with Crippen molar-refractivity contribution in [2.75, 3.05) is 32.6 Å². The molecule has 152 valence electrons. The Bertz CT molecular complexity index is 1040. The van der Waals surface area contributed by atoms with E-state index in [9.17, 15) is 4.79 Å². The minimum atomic E-state index is -0.287. The maximum atomic E-state index is 12.9. The summed E-state index contributed by atoms with van der Waals surface area (Å²) in [5.74, 6) is 0.211. The van der Waals surface area contributed by atoms with E-state index in [1.807, 2.05) is 11.6 Å². The van der Waals surface area contributed by atoms with Crippen molar-refractivity contribution in [3.63, 3.8) is 0 Å². The molecule has 8 heteroatoms. The van der Waals surface area contributed by atoms with Crippen LogP contribution in [0.15, 0.2) is 30.5 Å². The van der Waals surface area contributed by atoms with Crippen LogP contribution in [0.3, 0.4) is 0 Å². The zero-order valence-corrected chi connectivity index (χ0v) is 17.5. The van der Waals surface area contributed by atoms with E-state index in [1.54, 1.807) is 37.6 Å². The normalized spacial score (nSPS) is 15.6. The summed E-state index contributed by atoms with van der Waals surface area (Å²) in [7, 11) is 3.70. The Balaban J connectivity index is 1.70. The topological polar surface area (TPSA) is 72.3 Å². The van der Waals surface area contributed by atoms with Crippen LogP contribution in [0.1, 0.15) is 34.9 Å². The molecule has 29 heavy (non-hydrogen) atoms. The number of carbonyl (C=O) groups is 1. The van der Waals surface area contributed by atoms with Gasteiger partial charge in [-0.05, 0) is 64.2 Å². The van der Waals surface area contributed by atoms with Crippen LogP contribution in [-0.4, -0.2) is 52.8 Å². The lowest BCUT2D eigenvalue weighted by molar-refractivity contribution is 0.102. The van der Waals surface area contributed by atoms with E-state index >= 15 is 0 Å². The van der Waals surface area contributed by atoms with Gasteiger partial charge in [0.05, 0.1) is 24.2 Å². The third kappa shape index (κ3) is 3.80. The van der Waals surface area contributed by atoms with Crippen LogP contribution < -0.4 is 10.1 Å². The SMILES string of the molecule is COc1c(C(=O)Nc2ccc(Cl)cc2)cnc2c1c(C)nn2C1CCN(C)CC1. The highest BCUT2D eigenvalue weighted by Crippen LogP contribution is 2.34. The van der Waals surface area contributed by atoms with Crippen molar-refractivity contribution in [3.05, 3.63) is 46.7 Å². The van der Waals surface area contributed by atoms with Gasteiger partial charge in [0.2, 0.25) is 0 Å². The first-order chi connectivity index (χ1) is 14.0. The fraction of sp³-hybridized carbons (Fsp3) is 0.381. The number of aromatic nitrogens is 3. The number of nitrogens with zero attached hydrogens (tertiary/aromatic N) is 4. The molecule has 0 atom stereocenters. The van der Waals surface area contributed by atoms with Gasteiger partial charge >= 0.3 is 0 Å². The second-order valence-corrected chi connectivity index (χ2v) is 7.87.